The Morgan fingerprint density at radius 2 is 1.55 bits per heavy atom. The van der Waals surface area contributed by atoms with E-state index >= 15 is 0 Å². The molecule has 0 N–H and O–H groups in total. The SMILES string of the molecule is Cc1cc(=O)c(C(=O)ON2C(=O)c3ccccc3C2=O)nn1-c1ccccc1F. The van der Waals surface area contributed by atoms with E-state index < -0.39 is 34.7 Å². The van der Waals surface area contributed by atoms with Crippen molar-refractivity contribution in [1.82, 2.24) is 14.8 Å². The highest BCUT2D eigenvalue weighted by Gasteiger charge is 2.39. The van der Waals surface area contributed by atoms with Crippen molar-refractivity contribution in [3.8, 4) is 5.69 Å². The van der Waals surface area contributed by atoms with Gasteiger partial charge in [0, 0.05) is 11.8 Å². The minimum Gasteiger partial charge on any atom is -0.322 e. The number of fused-ring (bicyclic) bond motifs is 1. The first-order valence-corrected chi connectivity index (χ1v) is 8.44. The number of para-hydroxylation sites is 1. The zero-order valence-corrected chi connectivity index (χ0v) is 15.0. The second-order valence-corrected chi connectivity index (χ2v) is 6.19. The second-order valence-electron chi connectivity index (χ2n) is 6.19. The summed E-state index contributed by atoms with van der Waals surface area (Å²) in [6, 6.07) is 12.7. The van der Waals surface area contributed by atoms with E-state index in [9.17, 15) is 23.6 Å². The van der Waals surface area contributed by atoms with Gasteiger partial charge in [-0.05, 0) is 31.2 Å². The fraction of sp³-hybridized carbons (Fsp3) is 0.0500. The molecule has 1 aliphatic heterocycles. The third-order valence-corrected chi connectivity index (χ3v) is 4.31. The van der Waals surface area contributed by atoms with Crippen LogP contribution in [0.4, 0.5) is 4.39 Å². The first kappa shape index (κ1) is 18.2. The average molecular weight is 393 g/mol. The fourth-order valence-corrected chi connectivity index (χ4v) is 2.93. The number of carbonyl (C=O) groups excluding carboxylic acids is 3. The summed E-state index contributed by atoms with van der Waals surface area (Å²) >= 11 is 0. The lowest BCUT2D eigenvalue weighted by Crippen LogP contribution is -2.35. The smallest absolute Gasteiger partial charge is 0.322 e. The standard InChI is InChI=1S/C20H12FN3O5/c1-11-10-16(25)17(22-23(11)15-9-5-4-8-14(15)21)20(28)29-24-18(26)12-6-2-3-7-13(12)19(24)27/h2-10H,1H3. The molecule has 9 heteroatoms. The normalized spacial score (nSPS) is 12.8. The van der Waals surface area contributed by atoms with Gasteiger partial charge in [0.2, 0.25) is 11.1 Å². The Bertz CT molecular complexity index is 1220. The van der Waals surface area contributed by atoms with E-state index in [0.717, 1.165) is 10.7 Å². The lowest BCUT2D eigenvalue weighted by molar-refractivity contribution is -0.0590. The van der Waals surface area contributed by atoms with Crippen LogP contribution in [0.2, 0.25) is 0 Å². The minimum absolute atomic E-state index is 0.0137. The van der Waals surface area contributed by atoms with Crippen molar-refractivity contribution in [2.75, 3.05) is 0 Å². The van der Waals surface area contributed by atoms with Crippen LogP contribution in [0.5, 0.6) is 0 Å². The third-order valence-electron chi connectivity index (χ3n) is 4.31. The van der Waals surface area contributed by atoms with Gasteiger partial charge in [0.25, 0.3) is 11.8 Å². The molecule has 144 valence electrons. The van der Waals surface area contributed by atoms with Crippen LogP contribution in [0, 0.1) is 12.7 Å². The second kappa shape index (κ2) is 6.79. The first-order valence-electron chi connectivity index (χ1n) is 8.44. The average Bonchev–Trinajstić information content (AvgIpc) is 2.94. The number of benzene rings is 2. The molecule has 0 spiro atoms. The van der Waals surface area contributed by atoms with Gasteiger partial charge in [-0.15, -0.1) is 0 Å². The molecule has 1 aromatic heterocycles. The molecule has 0 radical (unpaired) electrons. The van der Waals surface area contributed by atoms with Crippen molar-refractivity contribution in [1.29, 1.82) is 0 Å². The summed E-state index contributed by atoms with van der Waals surface area (Å²) in [5.74, 6) is -3.60. The van der Waals surface area contributed by atoms with Gasteiger partial charge in [-0.2, -0.15) is 5.10 Å². The Morgan fingerprint density at radius 1 is 0.966 bits per heavy atom. The van der Waals surface area contributed by atoms with E-state index in [0.29, 0.717) is 0 Å². The zero-order valence-electron chi connectivity index (χ0n) is 15.0. The molecule has 2 aromatic carbocycles. The monoisotopic (exact) mass is 393 g/mol. The van der Waals surface area contributed by atoms with E-state index in [1.54, 1.807) is 18.2 Å². The van der Waals surface area contributed by atoms with Crippen molar-refractivity contribution in [3.63, 3.8) is 0 Å². The van der Waals surface area contributed by atoms with Crippen LogP contribution in [0.1, 0.15) is 36.9 Å². The molecule has 8 nitrogen and oxygen atoms in total. The number of carbonyl (C=O) groups is 3. The Hall–Kier alpha value is -4.14. The Kier molecular flexibility index (Phi) is 4.27. The minimum atomic E-state index is -1.31. The number of rotatable bonds is 3. The van der Waals surface area contributed by atoms with Crippen LogP contribution in [0.15, 0.2) is 59.4 Å². The Balaban J connectivity index is 1.69. The van der Waals surface area contributed by atoms with Crippen LogP contribution in [0.25, 0.3) is 5.69 Å². The molecule has 0 bridgehead atoms. The summed E-state index contributed by atoms with van der Waals surface area (Å²) in [5.41, 5.74) is -1.05. The van der Waals surface area contributed by atoms with Gasteiger partial charge in [-0.1, -0.05) is 29.3 Å². The highest BCUT2D eigenvalue weighted by Crippen LogP contribution is 2.23. The lowest BCUT2D eigenvalue weighted by atomic mass is 10.1. The highest BCUT2D eigenvalue weighted by molar-refractivity contribution is 6.21. The topological polar surface area (TPSA) is 98.6 Å². The molecule has 4 rings (SSSR count). The number of aromatic nitrogens is 2. The predicted octanol–water partition coefficient (Wildman–Crippen LogP) is 2.05. The van der Waals surface area contributed by atoms with E-state index in [4.69, 9.17) is 4.84 Å². The number of nitrogens with zero attached hydrogens (tertiary/aromatic N) is 3. The molecule has 3 aromatic rings. The van der Waals surface area contributed by atoms with Gasteiger partial charge in [0.05, 0.1) is 11.1 Å². The molecule has 2 amide bonds. The van der Waals surface area contributed by atoms with Crippen LogP contribution >= 0.6 is 0 Å². The van der Waals surface area contributed by atoms with Crippen LogP contribution < -0.4 is 5.43 Å². The molecule has 0 saturated heterocycles. The van der Waals surface area contributed by atoms with Gasteiger partial charge >= 0.3 is 5.97 Å². The number of hydroxylamine groups is 2. The number of hydrogen-bond acceptors (Lipinski definition) is 6. The summed E-state index contributed by atoms with van der Waals surface area (Å²) in [5, 5.41) is 4.16. The highest BCUT2D eigenvalue weighted by atomic mass is 19.1. The predicted molar refractivity (Wildman–Crippen MR) is 96.9 cm³/mol. The van der Waals surface area contributed by atoms with Gasteiger partial charge in [-0.3, -0.25) is 14.4 Å². The Labute approximate surface area is 162 Å². The number of hydrogen-bond donors (Lipinski definition) is 0. The van der Waals surface area contributed by atoms with Crippen molar-refractivity contribution in [3.05, 3.63) is 93.2 Å². The summed E-state index contributed by atoms with van der Waals surface area (Å²) in [6.07, 6.45) is 0. The number of aryl methyl sites for hydroxylation is 1. The summed E-state index contributed by atoms with van der Waals surface area (Å²) in [4.78, 5) is 54.3. The molecule has 0 unspecified atom stereocenters. The molecular formula is C20H12FN3O5. The molecule has 0 fully saturated rings. The van der Waals surface area contributed by atoms with E-state index in [2.05, 4.69) is 5.10 Å². The zero-order chi connectivity index (χ0) is 20.7. The van der Waals surface area contributed by atoms with E-state index in [1.807, 2.05) is 0 Å². The third kappa shape index (κ3) is 2.98. The van der Waals surface area contributed by atoms with E-state index in [-0.39, 0.29) is 27.6 Å². The number of imide groups is 1. The fourth-order valence-electron chi connectivity index (χ4n) is 2.93. The summed E-state index contributed by atoms with van der Waals surface area (Å²) in [6.45, 7) is 1.51. The maximum atomic E-state index is 14.1. The first-order chi connectivity index (χ1) is 13.9. The maximum Gasteiger partial charge on any atom is 0.388 e. The maximum absolute atomic E-state index is 14.1. The van der Waals surface area contributed by atoms with Crippen molar-refractivity contribution in [2.45, 2.75) is 6.92 Å². The van der Waals surface area contributed by atoms with Gasteiger partial charge in [0.15, 0.2) is 0 Å². The van der Waals surface area contributed by atoms with Gasteiger partial charge < -0.3 is 4.84 Å². The van der Waals surface area contributed by atoms with Crippen molar-refractivity contribution in [2.24, 2.45) is 0 Å². The van der Waals surface area contributed by atoms with Crippen LogP contribution in [-0.4, -0.2) is 32.6 Å². The molecule has 1 aliphatic rings. The van der Waals surface area contributed by atoms with Crippen molar-refractivity contribution < 1.29 is 23.6 Å². The molecule has 0 atom stereocenters. The van der Waals surface area contributed by atoms with Crippen LogP contribution in [0.3, 0.4) is 0 Å². The summed E-state index contributed by atoms with van der Waals surface area (Å²) in [7, 11) is 0. The van der Waals surface area contributed by atoms with E-state index in [1.165, 1.54) is 37.3 Å². The lowest BCUT2D eigenvalue weighted by Gasteiger charge is -2.14. The quantitative estimate of drug-likeness (QED) is 0.632. The van der Waals surface area contributed by atoms with Gasteiger partial charge in [0.1, 0.15) is 11.5 Å². The number of halogens is 1. The summed E-state index contributed by atoms with van der Waals surface area (Å²) < 4.78 is 15.2. The Morgan fingerprint density at radius 3 is 2.17 bits per heavy atom. The molecule has 0 saturated carbocycles. The molecular weight excluding hydrogens is 381 g/mol. The van der Waals surface area contributed by atoms with Crippen molar-refractivity contribution >= 4 is 17.8 Å². The number of amides is 2. The molecule has 2 heterocycles. The van der Waals surface area contributed by atoms with Crippen LogP contribution in [-0.2, 0) is 4.84 Å². The van der Waals surface area contributed by atoms with Gasteiger partial charge in [-0.25, -0.2) is 13.9 Å². The largest absolute Gasteiger partial charge is 0.388 e. The molecule has 29 heavy (non-hydrogen) atoms. The molecule has 0 aliphatic carbocycles.